The predicted molar refractivity (Wildman–Crippen MR) is 92.7 cm³/mol. The van der Waals surface area contributed by atoms with E-state index in [2.05, 4.69) is 25.2 Å². The molecule has 0 saturated carbocycles. The van der Waals surface area contributed by atoms with Crippen molar-refractivity contribution in [3.05, 3.63) is 52.7 Å². The van der Waals surface area contributed by atoms with Crippen molar-refractivity contribution in [2.75, 3.05) is 13.1 Å². The SMILES string of the molecule is Cc1cc(CN2CCC(Cn3nc(-n4cncn4)ccc3=O)CC2)no1. The van der Waals surface area contributed by atoms with Gasteiger partial charge in [0.1, 0.15) is 18.4 Å². The lowest BCUT2D eigenvalue weighted by Gasteiger charge is -2.31. The second kappa shape index (κ2) is 7.20. The highest BCUT2D eigenvalue weighted by Crippen LogP contribution is 2.20. The highest BCUT2D eigenvalue weighted by Gasteiger charge is 2.21. The third kappa shape index (κ3) is 3.72. The van der Waals surface area contributed by atoms with Crippen LogP contribution in [0.1, 0.15) is 24.3 Å². The zero-order valence-corrected chi connectivity index (χ0v) is 14.7. The molecule has 4 rings (SSSR count). The van der Waals surface area contributed by atoms with E-state index in [1.165, 1.54) is 12.4 Å². The van der Waals surface area contributed by atoms with E-state index in [4.69, 9.17) is 4.52 Å². The molecule has 0 radical (unpaired) electrons. The van der Waals surface area contributed by atoms with Gasteiger partial charge in [0, 0.05) is 25.2 Å². The van der Waals surface area contributed by atoms with Crippen molar-refractivity contribution in [1.82, 2.24) is 34.6 Å². The molecule has 0 unspecified atom stereocenters. The second-order valence-corrected chi connectivity index (χ2v) is 6.70. The first kappa shape index (κ1) is 16.6. The lowest BCUT2D eigenvalue weighted by atomic mass is 9.96. The van der Waals surface area contributed by atoms with Gasteiger partial charge >= 0.3 is 0 Å². The van der Waals surface area contributed by atoms with Crippen LogP contribution in [-0.2, 0) is 13.1 Å². The van der Waals surface area contributed by atoms with E-state index in [-0.39, 0.29) is 5.56 Å². The number of hydrogen-bond acceptors (Lipinski definition) is 7. The van der Waals surface area contributed by atoms with Crippen molar-refractivity contribution >= 4 is 0 Å². The largest absolute Gasteiger partial charge is 0.361 e. The van der Waals surface area contributed by atoms with E-state index >= 15 is 0 Å². The van der Waals surface area contributed by atoms with Gasteiger partial charge in [0.25, 0.3) is 5.56 Å². The smallest absolute Gasteiger partial charge is 0.266 e. The fraction of sp³-hybridized carbons (Fsp3) is 0.471. The summed E-state index contributed by atoms with van der Waals surface area (Å²) in [7, 11) is 0. The normalized spacial score (nSPS) is 16.2. The lowest BCUT2D eigenvalue weighted by Crippen LogP contribution is -2.36. The minimum atomic E-state index is -0.0885. The zero-order chi connectivity index (χ0) is 17.9. The van der Waals surface area contributed by atoms with Crippen molar-refractivity contribution < 1.29 is 4.52 Å². The summed E-state index contributed by atoms with van der Waals surface area (Å²) in [6, 6.07) is 5.17. The zero-order valence-electron chi connectivity index (χ0n) is 14.7. The monoisotopic (exact) mass is 355 g/mol. The third-order valence-electron chi connectivity index (χ3n) is 4.71. The molecule has 1 saturated heterocycles. The molecule has 3 aromatic heterocycles. The molecule has 9 heteroatoms. The molecule has 0 aliphatic carbocycles. The Bertz CT molecular complexity index is 907. The first-order valence-electron chi connectivity index (χ1n) is 8.75. The molecule has 3 aromatic rings. The molecule has 4 heterocycles. The van der Waals surface area contributed by atoms with Gasteiger partial charge in [-0.15, -0.1) is 5.10 Å². The molecular weight excluding hydrogens is 334 g/mol. The second-order valence-electron chi connectivity index (χ2n) is 6.70. The summed E-state index contributed by atoms with van der Waals surface area (Å²) in [5, 5.41) is 12.5. The van der Waals surface area contributed by atoms with Crippen molar-refractivity contribution in [2.45, 2.75) is 32.9 Å². The lowest BCUT2D eigenvalue weighted by molar-refractivity contribution is 0.160. The number of rotatable bonds is 5. The van der Waals surface area contributed by atoms with Gasteiger partial charge in [-0.1, -0.05) is 5.16 Å². The average Bonchev–Trinajstić information content (AvgIpc) is 3.31. The van der Waals surface area contributed by atoms with Crippen LogP contribution in [0, 0.1) is 12.8 Å². The number of likely N-dealkylation sites (tertiary alicyclic amines) is 1. The van der Waals surface area contributed by atoms with Gasteiger partial charge in [0.2, 0.25) is 0 Å². The van der Waals surface area contributed by atoms with Crippen LogP contribution in [0.4, 0.5) is 0 Å². The summed E-state index contributed by atoms with van der Waals surface area (Å²) in [5.74, 6) is 1.87. The van der Waals surface area contributed by atoms with E-state index < -0.39 is 0 Å². The van der Waals surface area contributed by atoms with Crippen LogP contribution >= 0.6 is 0 Å². The molecule has 0 spiro atoms. The summed E-state index contributed by atoms with van der Waals surface area (Å²) < 4.78 is 8.22. The average molecular weight is 355 g/mol. The van der Waals surface area contributed by atoms with Crippen LogP contribution in [0.15, 0.2) is 40.2 Å². The fourth-order valence-corrected chi connectivity index (χ4v) is 3.31. The minimum absolute atomic E-state index is 0.0885. The fourth-order valence-electron chi connectivity index (χ4n) is 3.31. The van der Waals surface area contributed by atoms with Crippen LogP contribution in [-0.4, -0.2) is 47.7 Å². The van der Waals surface area contributed by atoms with Crippen molar-refractivity contribution in [2.24, 2.45) is 5.92 Å². The van der Waals surface area contributed by atoms with E-state index in [0.29, 0.717) is 18.3 Å². The number of aromatic nitrogens is 6. The molecular formula is C17H21N7O2. The van der Waals surface area contributed by atoms with Crippen LogP contribution < -0.4 is 5.56 Å². The van der Waals surface area contributed by atoms with E-state index in [0.717, 1.165) is 43.9 Å². The molecule has 136 valence electrons. The quantitative estimate of drug-likeness (QED) is 0.674. The van der Waals surface area contributed by atoms with Gasteiger partial charge in [-0.05, 0) is 44.8 Å². The molecule has 0 aromatic carbocycles. The summed E-state index contributed by atoms with van der Waals surface area (Å²) in [4.78, 5) is 18.4. The van der Waals surface area contributed by atoms with Gasteiger partial charge in [-0.2, -0.15) is 5.10 Å². The summed E-state index contributed by atoms with van der Waals surface area (Å²) in [6.45, 7) is 5.30. The molecule has 0 atom stereocenters. The maximum atomic E-state index is 12.1. The predicted octanol–water partition coefficient (Wildman–Crippen LogP) is 1.03. The Morgan fingerprint density at radius 3 is 2.81 bits per heavy atom. The van der Waals surface area contributed by atoms with E-state index in [1.54, 1.807) is 21.8 Å². The first-order valence-corrected chi connectivity index (χ1v) is 8.75. The number of piperidine rings is 1. The maximum absolute atomic E-state index is 12.1. The molecule has 0 bridgehead atoms. The Balaban J connectivity index is 1.37. The molecule has 0 amide bonds. The van der Waals surface area contributed by atoms with Gasteiger partial charge in [-0.25, -0.2) is 14.3 Å². The first-order chi connectivity index (χ1) is 12.7. The van der Waals surface area contributed by atoms with Gasteiger partial charge < -0.3 is 4.52 Å². The number of hydrogen-bond donors (Lipinski definition) is 0. The third-order valence-corrected chi connectivity index (χ3v) is 4.71. The molecule has 1 aliphatic heterocycles. The molecule has 1 fully saturated rings. The highest BCUT2D eigenvalue weighted by molar-refractivity contribution is 5.16. The Morgan fingerprint density at radius 1 is 1.27 bits per heavy atom. The maximum Gasteiger partial charge on any atom is 0.266 e. The Kier molecular flexibility index (Phi) is 4.61. The van der Waals surface area contributed by atoms with Crippen LogP contribution in [0.5, 0.6) is 0 Å². The summed E-state index contributed by atoms with van der Waals surface area (Å²) in [6.07, 6.45) is 5.07. The summed E-state index contributed by atoms with van der Waals surface area (Å²) in [5.41, 5.74) is 0.883. The summed E-state index contributed by atoms with van der Waals surface area (Å²) >= 11 is 0. The highest BCUT2D eigenvalue weighted by atomic mass is 16.5. The van der Waals surface area contributed by atoms with E-state index in [9.17, 15) is 4.79 Å². The standard InChI is InChI=1S/C17H21N7O2/c1-13-8-15(21-26-13)10-22-6-4-14(5-7-22)9-23-17(25)3-2-16(20-23)24-12-18-11-19-24/h2-3,8,11-12,14H,4-7,9-10H2,1H3. The molecule has 0 N–H and O–H groups in total. The Morgan fingerprint density at radius 2 is 2.12 bits per heavy atom. The van der Waals surface area contributed by atoms with Crippen LogP contribution in [0.3, 0.4) is 0 Å². The minimum Gasteiger partial charge on any atom is -0.361 e. The number of aryl methyl sites for hydroxylation is 1. The molecule has 26 heavy (non-hydrogen) atoms. The topological polar surface area (TPSA) is 94.9 Å². The number of nitrogens with zero attached hydrogens (tertiary/aromatic N) is 7. The van der Waals surface area contributed by atoms with E-state index in [1.807, 2.05) is 13.0 Å². The van der Waals surface area contributed by atoms with Gasteiger partial charge in [-0.3, -0.25) is 9.69 Å². The molecule has 1 aliphatic rings. The Labute approximate surface area is 150 Å². The van der Waals surface area contributed by atoms with Crippen molar-refractivity contribution in [3.63, 3.8) is 0 Å². The van der Waals surface area contributed by atoms with Gasteiger partial charge in [0.05, 0.1) is 5.69 Å². The van der Waals surface area contributed by atoms with Crippen LogP contribution in [0.25, 0.3) is 5.82 Å². The van der Waals surface area contributed by atoms with Crippen molar-refractivity contribution in [1.29, 1.82) is 0 Å². The molecule has 9 nitrogen and oxygen atoms in total. The van der Waals surface area contributed by atoms with Gasteiger partial charge in [0.15, 0.2) is 5.82 Å². The van der Waals surface area contributed by atoms with Crippen LogP contribution in [0.2, 0.25) is 0 Å². The Hall–Kier alpha value is -2.81. The van der Waals surface area contributed by atoms with Crippen molar-refractivity contribution in [3.8, 4) is 5.82 Å².